The molecule has 0 heterocycles. The number of hydrogen-bond donors (Lipinski definition) is 1. The largest absolute Gasteiger partial charge is 0.228 e. The zero-order valence-corrected chi connectivity index (χ0v) is 10.5. The Kier molecular flexibility index (Phi) is 4.07. The van der Waals surface area contributed by atoms with Crippen molar-refractivity contribution in [2.75, 3.05) is 5.33 Å². The van der Waals surface area contributed by atoms with Gasteiger partial charge in [0.15, 0.2) is 0 Å². The molecule has 1 aromatic carbocycles. The predicted octanol–water partition coefficient (Wildman–Crippen LogP) is 1.88. The van der Waals surface area contributed by atoms with Gasteiger partial charge in [0.25, 0.3) is 0 Å². The Balaban J connectivity index is 3.13. The van der Waals surface area contributed by atoms with Crippen LogP contribution in [0.3, 0.4) is 0 Å². The van der Waals surface area contributed by atoms with Gasteiger partial charge in [0.2, 0.25) is 10.0 Å². The lowest BCUT2D eigenvalue weighted by Gasteiger charge is -2.08. The van der Waals surface area contributed by atoms with E-state index in [1.165, 1.54) is 0 Å². The van der Waals surface area contributed by atoms with Gasteiger partial charge in [0.05, 0.1) is 5.75 Å². The monoisotopic (exact) mass is 289 g/mol. The number of hydrogen-bond acceptors (Lipinski definition) is 2. The molecule has 0 saturated carbocycles. The Morgan fingerprint density at radius 1 is 1.40 bits per heavy atom. The summed E-state index contributed by atoms with van der Waals surface area (Å²) >= 11 is 3.29. The van der Waals surface area contributed by atoms with Crippen molar-refractivity contribution in [3.8, 4) is 0 Å². The molecule has 2 N–H and O–H groups in total. The first kappa shape index (κ1) is 12.4. The number of nitrogens with two attached hydrogens (primary N) is 1. The van der Waals surface area contributed by atoms with Crippen molar-refractivity contribution in [1.29, 1.82) is 0 Å². The van der Waals surface area contributed by atoms with Crippen LogP contribution in [0, 0.1) is 0 Å². The summed E-state index contributed by atoms with van der Waals surface area (Å²) < 4.78 is 22.0. The van der Waals surface area contributed by atoms with Crippen molar-refractivity contribution in [2.24, 2.45) is 5.14 Å². The quantitative estimate of drug-likeness (QED) is 0.861. The van der Waals surface area contributed by atoms with E-state index in [4.69, 9.17) is 5.14 Å². The molecule has 1 aromatic rings. The Labute approximate surface area is 98.2 Å². The highest BCUT2D eigenvalue weighted by molar-refractivity contribution is 9.09. The second kappa shape index (κ2) is 4.92. The third-order valence-electron chi connectivity index (χ3n) is 1.92. The fraction of sp³-hybridized carbons (Fsp3) is 0.200. The molecule has 0 aromatic heterocycles. The van der Waals surface area contributed by atoms with E-state index in [-0.39, 0.29) is 5.75 Å². The van der Waals surface area contributed by atoms with Gasteiger partial charge >= 0.3 is 0 Å². The third kappa shape index (κ3) is 3.77. The van der Waals surface area contributed by atoms with Gasteiger partial charge in [-0.3, -0.25) is 0 Å². The van der Waals surface area contributed by atoms with Gasteiger partial charge in [-0.15, -0.1) is 0 Å². The molecule has 0 aliphatic carbocycles. The summed E-state index contributed by atoms with van der Waals surface area (Å²) in [5.41, 5.74) is 2.36. The predicted molar refractivity (Wildman–Crippen MR) is 66.1 cm³/mol. The molecule has 0 aliphatic rings. The van der Waals surface area contributed by atoms with Gasteiger partial charge in [0.1, 0.15) is 0 Å². The lowest BCUT2D eigenvalue weighted by atomic mass is 10.0. The maximum absolute atomic E-state index is 11.0. The van der Waals surface area contributed by atoms with Crippen LogP contribution < -0.4 is 5.14 Å². The Bertz CT molecular complexity index is 468. The molecule has 3 nitrogen and oxygen atoms in total. The van der Waals surface area contributed by atoms with E-state index in [9.17, 15) is 8.42 Å². The first-order chi connectivity index (χ1) is 6.94. The Hall–Kier alpha value is -0.650. The van der Waals surface area contributed by atoms with Gasteiger partial charge in [-0.1, -0.05) is 46.8 Å². The van der Waals surface area contributed by atoms with Crippen molar-refractivity contribution in [3.05, 3.63) is 42.0 Å². The highest BCUT2D eigenvalue weighted by Crippen LogP contribution is 2.20. The number of benzene rings is 1. The molecule has 0 spiro atoms. The first-order valence-electron chi connectivity index (χ1n) is 4.26. The summed E-state index contributed by atoms with van der Waals surface area (Å²) in [6.07, 6.45) is 0. The number of sulfonamides is 1. The minimum atomic E-state index is -3.50. The van der Waals surface area contributed by atoms with Crippen LogP contribution in [0.5, 0.6) is 0 Å². The van der Waals surface area contributed by atoms with Crippen molar-refractivity contribution in [1.82, 2.24) is 0 Å². The highest BCUT2D eigenvalue weighted by atomic mass is 79.9. The van der Waals surface area contributed by atoms with Gasteiger partial charge < -0.3 is 0 Å². The number of allylic oxidation sites excluding steroid dienone is 1. The van der Waals surface area contributed by atoms with Crippen LogP contribution in [0.2, 0.25) is 0 Å². The second-order valence-corrected chi connectivity index (χ2v) is 5.38. The van der Waals surface area contributed by atoms with Crippen molar-refractivity contribution >= 4 is 31.5 Å². The zero-order chi connectivity index (χ0) is 11.5. The van der Waals surface area contributed by atoms with Gasteiger partial charge in [-0.05, 0) is 16.7 Å². The van der Waals surface area contributed by atoms with Crippen molar-refractivity contribution in [2.45, 2.75) is 5.75 Å². The molecule has 0 fully saturated rings. The third-order valence-corrected chi connectivity index (χ3v) is 3.31. The normalized spacial score (nSPS) is 11.3. The van der Waals surface area contributed by atoms with Crippen LogP contribution in [0.15, 0.2) is 30.8 Å². The maximum atomic E-state index is 11.0. The molecule has 0 amide bonds. The van der Waals surface area contributed by atoms with Crippen molar-refractivity contribution < 1.29 is 8.42 Å². The summed E-state index contributed by atoms with van der Waals surface area (Å²) in [5.74, 6) is -0.158. The highest BCUT2D eigenvalue weighted by Gasteiger charge is 2.10. The molecule has 0 radical (unpaired) electrons. The molecule has 0 bridgehead atoms. The molecule has 5 heteroatoms. The summed E-state index contributed by atoms with van der Waals surface area (Å²) in [5, 5.41) is 5.61. The average molecular weight is 290 g/mol. The lowest BCUT2D eigenvalue weighted by molar-refractivity contribution is 0.597. The van der Waals surface area contributed by atoms with E-state index in [0.717, 1.165) is 11.1 Å². The summed E-state index contributed by atoms with van der Waals surface area (Å²) in [4.78, 5) is 0. The topological polar surface area (TPSA) is 60.2 Å². The van der Waals surface area contributed by atoms with E-state index < -0.39 is 10.0 Å². The minimum Gasteiger partial charge on any atom is -0.228 e. The zero-order valence-electron chi connectivity index (χ0n) is 8.11. The van der Waals surface area contributed by atoms with Gasteiger partial charge in [-0.2, -0.15) is 0 Å². The number of halogens is 1. The number of alkyl halides is 1. The van der Waals surface area contributed by atoms with E-state index in [2.05, 4.69) is 22.5 Å². The summed E-state index contributed by atoms with van der Waals surface area (Å²) in [6.45, 7) is 3.85. The van der Waals surface area contributed by atoms with Crippen LogP contribution in [-0.2, 0) is 15.8 Å². The summed E-state index contributed by atoms with van der Waals surface area (Å²) in [6, 6.07) is 7.21. The molecular weight excluding hydrogens is 278 g/mol. The van der Waals surface area contributed by atoms with Crippen LogP contribution in [0.4, 0.5) is 0 Å². The SMILES string of the molecule is C=C(CBr)c1ccccc1CS(N)(=O)=O. The van der Waals surface area contributed by atoms with E-state index in [0.29, 0.717) is 10.9 Å². The second-order valence-electron chi connectivity index (χ2n) is 3.20. The minimum absolute atomic E-state index is 0.158. The molecule has 82 valence electrons. The van der Waals surface area contributed by atoms with Crippen LogP contribution >= 0.6 is 15.9 Å². The molecular formula is C10H12BrNO2S. The van der Waals surface area contributed by atoms with E-state index >= 15 is 0 Å². The fourth-order valence-corrected chi connectivity index (χ4v) is 2.27. The standard InChI is InChI=1S/C10H12BrNO2S/c1-8(6-11)10-5-3-2-4-9(10)7-15(12,13)14/h2-5H,1,6-7H2,(H2,12,13,14). The Morgan fingerprint density at radius 3 is 2.53 bits per heavy atom. The van der Waals surface area contributed by atoms with Crippen molar-refractivity contribution in [3.63, 3.8) is 0 Å². The first-order valence-corrected chi connectivity index (χ1v) is 7.10. The summed E-state index contributed by atoms with van der Waals surface area (Å²) in [7, 11) is -3.50. The average Bonchev–Trinajstić information content (AvgIpc) is 2.15. The smallest absolute Gasteiger partial charge is 0.213 e. The Morgan fingerprint density at radius 2 is 2.00 bits per heavy atom. The van der Waals surface area contributed by atoms with Crippen LogP contribution in [0.25, 0.3) is 5.57 Å². The van der Waals surface area contributed by atoms with Crippen LogP contribution in [-0.4, -0.2) is 13.7 Å². The lowest BCUT2D eigenvalue weighted by Crippen LogP contribution is -2.15. The molecule has 15 heavy (non-hydrogen) atoms. The molecule has 1 rings (SSSR count). The molecule has 0 atom stereocenters. The number of primary sulfonamides is 1. The number of rotatable bonds is 4. The maximum Gasteiger partial charge on any atom is 0.213 e. The molecule has 0 aliphatic heterocycles. The van der Waals surface area contributed by atoms with Gasteiger partial charge in [0, 0.05) is 5.33 Å². The fourth-order valence-electron chi connectivity index (χ4n) is 1.28. The van der Waals surface area contributed by atoms with E-state index in [1.54, 1.807) is 12.1 Å². The van der Waals surface area contributed by atoms with Gasteiger partial charge in [-0.25, -0.2) is 13.6 Å². The van der Waals surface area contributed by atoms with Crippen LogP contribution in [0.1, 0.15) is 11.1 Å². The van der Waals surface area contributed by atoms with E-state index in [1.807, 2.05) is 12.1 Å². The molecule has 0 saturated heterocycles. The molecule has 0 unspecified atom stereocenters.